The predicted octanol–water partition coefficient (Wildman–Crippen LogP) is 3.54. The average Bonchev–Trinajstić information content (AvgIpc) is 3.03. The van der Waals surface area contributed by atoms with E-state index in [1.165, 1.54) is 42.7 Å². The van der Waals surface area contributed by atoms with Crippen molar-refractivity contribution < 1.29 is 23.5 Å². The number of methoxy groups -OCH3 is 1. The summed E-state index contributed by atoms with van der Waals surface area (Å²) < 4.78 is 26.0. The molecule has 0 radical (unpaired) electrons. The summed E-state index contributed by atoms with van der Waals surface area (Å²) in [6.45, 7) is 2.76. The lowest BCUT2D eigenvalue weighted by Gasteiger charge is -2.06. The molecule has 0 fully saturated rings. The fraction of sp³-hybridized carbons (Fsp3) is 0.250. The van der Waals surface area contributed by atoms with Gasteiger partial charge < -0.3 is 14.0 Å². The lowest BCUT2D eigenvalue weighted by molar-refractivity contribution is -0.140. The molecule has 0 saturated carbocycles. The maximum atomic E-state index is 13.1. The number of thiazole rings is 1. The van der Waals surface area contributed by atoms with Gasteiger partial charge in [0.05, 0.1) is 30.4 Å². The van der Waals surface area contributed by atoms with Crippen molar-refractivity contribution in [1.82, 2.24) is 4.57 Å². The van der Waals surface area contributed by atoms with Crippen LogP contribution in [-0.2, 0) is 16.1 Å². The summed E-state index contributed by atoms with van der Waals surface area (Å²) in [6.07, 6.45) is 0.146. The summed E-state index contributed by atoms with van der Waals surface area (Å²) in [5.41, 5.74) is 1.12. The van der Waals surface area contributed by atoms with Crippen molar-refractivity contribution in [2.45, 2.75) is 19.9 Å². The number of halogens is 1. The monoisotopic (exact) mass is 402 g/mol. The van der Waals surface area contributed by atoms with Gasteiger partial charge in [-0.3, -0.25) is 9.59 Å². The van der Waals surface area contributed by atoms with Gasteiger partial charge in [-0.05, 0) is 49.4 Å². The van der Waals surface area contributed by atoms with E-state index in [0.29, 0.717) is 23.7 Å². The van der Waals surface area contributed by atoms with Crippen molar-refractivity contribution in [1.29, 1.82) is 0 Å². The van der Waals surface area contributed by atoms with Crippen molar-refractivity contribution >= 4 is 33.4 Å². The Morgan fingerprint density at radius 1 is 1.18 bits per heavy atom. The molecule has 1 amide bonds. The maximum absolute atomic E-state index is 13.1. The van der Waals surface area contributed by atoms with Crippen LogP contribution in [0.25, 0.3) is 10.2 Å². The van der Waals surface area contributed by atoms with E-state index in [9.17, 15) is 14.0 Å². The summed E-state index contributed by atoms with van der Waals surface area (Å²) in [5.74, 6) is -0.542. The number of aromatic nitrogens is 1. The normalized spacial score (nSPS) is 11.6. The molecule has 0 saturated heterocycles. The van der Waals surface area contributed by atoms with Crippen LogP contribution in [0.1, 0.15) is 23.7 Å². The summed E-state index contributed by atoms with van der Waals surface area (Å²) in [4.78, 5) is 28.7. The Balaban J connectivity index is 2.06. The highest BCUT2D eigenvalue weighted by molar-refractivity contribution is 7.16. The Bertz CT molecular complexity index is 1070. The van der Waals surface area contributed by atoms with E-state index in [0.717, 1.165) is 10.2 Å². The number of esters is 1. The average molecular weight is 402 g/mol. The fourth-order valence-electron chi connectivity index (χ4n) is 2.66. The zero-order valence-electron chi connectivity index (χ0n) is 15.5. The molecular formula is C20H19FN2O4S. The van der Waals surface area contributed by atoms with Crippen LogP contribution in [0.5, 0.6) is 5.75 Å². The van der Waals surface area contributed by atoms with E-state index in [2.05, 4.69) is 4.99 Å². The van der Waals surface area contributed by atoms with E-state index < -0.39 is 11.7 Å². The van der Waals surface area contributed by atoms with E-state index in [-0.39, 0.29) is 18.0 Å². The molecule has 0 aliphatic rings. The van der Waals surface area contributed by atoms with Crippen LogP contribution >= 0.6 is 11.3 Å². The third kappa shape index (κ3) is 4.45. The summed E-state index contributed by atoms with van der Waals surface area (Å²) in [5, 5.41) is 0. The third-order valence-corrected chi connectivity index (χ3v) is 5.06. The summed E-state index contributed by atoms with van der Waals surface area (Å²) >= 11 is 1.32. The van der Waals surface area contributed by atoms with Crippen LogP contribution in [0.2, 0.25) is 0 Å². The van der Waals surface area contributed by atoms with Gasteiger partial charge in [0, 0.05) is 12.1 Å². The van der Waals surface area contributed by atoms with Gasteiger partial charge in [0.2, 0.25) is 0 Å². The first-order valence-corrected chi connectivity index (χ1v) is 9.51. The van der Waals surface area contributed by atoms with Crippen molar-refractivity contribution in [2.24, 2.45) is 4.99 Å². The second-order valence-electron chi connectivity index (χ2n) is 5.85. The minimum absolute atomic E-state index is 0.146. The van der Waals surface area contributed by atoms with Gasteiger partial charge in [0.15, 0.2) is 4.80 Å². The van der Waals surface area contributed by atoms with Crippen LogP contribution in [0, 0.1) is 5.82 Å². The van der Waals surface area contributed by atoms with Crippen molar-refractivity contribution in [3.05, 3.63) is 58.6 Å². The predicted molar refractivity (Wildman–Crippen MR) is 104 cm³/mol. The molecule has 146 valence electrons. The van der Waals surface area contributed by atoms with Gasteiger partial charge in [-0.25, -0.2) is 4.39 Å². The number of nitrogens with zero attached hydrogens (tertiary/aromatic N) is 2. The highest BCUT2D eigenvalue weighted by Crippen LogP contribution is 2.24. The Morgan fingerprint density at radius 3 is 2.61 bits per heavy atom. The number of aryl methyl sites for hydroxylation is 1. The quantitative estimate of drug-likeness (QED) is 0.592. The van der Waals surface area contributed by atoms with E-state index in [1.54, 1.807) is 4.57 Å². The Hall–Kier alpha value is -3.00. The smallest absolute Gasteiger partial charge is 0.307 e. The molecule has 0 atom stereocenters. The van der Waals surface area contributed by atoms with Gasteiger partial charge >= 0.3 is 5.97 Å². The number of carbonyl (C=O) groups excluding carboxylic acids is 2. The Kier molecular flexibility index (Phi) is 6.20. The molecule has 0 unspecified atom stereocenters. The van der Waals surface area contributed by atoms with Crippen LogP contribution in [0.4, 0.5) is 4.39 Å². The number of benzene rings is 2. The van der Waals surface area contributed by atoms with Crippen molar-refractivity contribution in [3.8, 4) is 5.75 Å². The molecule has 0 aliphatic heterocycles. The van der Waals surface area contributed by atoms with Crippen molar-refractivity contribution in [2.75, 3.05) is 13.7 Å². The van der Waals surface area contributed by atoms with Crippen LogP contribution in [0.3, 0.4) is 0 Å². The topological polar surface area (TPSA) is 69.9 Å². The highest BCUT2D eigenvalue weighted by Gasteiger charge is 2.12. The van der Waals surface area contributed by atoms with Gasteiger partial charge in [0.25, 0.3) is 5.91 Å². The van der Waals surface area contributed by atoms with Crippen LogP contribution in [-0.4, -0.2) is 30.2 Å². The maximum Gasteiger partial charge on any atom is 0.307 e. The molecule has 3 rings (SSSR count). The lowest BCUT2D eigenvalue weighted by atomic mass is 10.2. The Morgan fingerprint density at radius 2 is 1.93 bits per heavy atom. The SMILES string of the molecule is CCOc1ccc2c(c1)sc(=NC(=O)c1ccc(F)cc1)n2CCC(=O)OC. The summed E-state index contributed by atoms with van der Waals surface area (Å²) in [6, 6.07) is 10.8. The molecule has 2 aromatic carbocycles. The van der Waals surface area contributed by atoms with E-state index >= 15 is 0 Å². The van der Waals surface area contributed by atoms with Gasteiger partial charge in [-0.2, -0.15) is 4.99 Å². The number of hydrogen-bond acceptors (Lipinski definition) is 5. The molecule has 1 aromatic heterocycles. The van der Waals surface area contributed by atoms with E-state index in [4.69, 9.17) is 9.47 Å². The van der Waals surface area contributed by atoms with Gasteiger partial charge in [-0.1, -0.05) is 11.3 Å². The molecule has 0 spiro atoms. The molecular weight excluding hydrogens is 383 g/mol. The Labute approximate surface area is 164 Å². The molecule has 1 heterocycles. The fourth-order valence-corrected chi connectivity index (χ4v) is 3.74. The number of carbonyl (C=O) groups is 2. The van der Waals surface area contributed by atoms with Crippen LogP contribution < -0.4 is 9.54 Å². The number of hydrogen-bond donors (Lipinski definition) is 0. The first-order valence-electron chi connectivity index (χ1n) is 8.69. The number of rotatable bonds is 6. The minimum Gasteiger partial charge on any atom is -0.494 e. The number of ether oxygens (including phenoxy) is 2. The van der Waals surface area contributed by atoms with Gasteiger partial charge in [-0.15, -0.1) is 0 Å². The molecule has 0 N–H and O–H groups in total. The first kappa shape index (κ1) is 19.8. The second kappa shape index (κ2) is 8.79. The molecule has 6 nitrogen and oxygen atoms in total. The molecule has 8 heteroatoms. The first-order chi connectivity index (χ1) is 13.5. The van der Waals surface area contributed by atoms with Crippen molar-refractivity contribution in [3.63, 3.8) is 0 Å². The summed E-state index contributed by atoms with van der Waals surface area (Å²) in [7, 11) is 1.33. The number of amides is 1. The standard InChI is InChI=1S/C20H19FN2O4S/c1-3-27-15-8-9-16-17(12-15)28-20(23(16)11-10-18(24)26-2)22-19(25)13-4-6-14(21)7-5-13/h4-9,12H,3,10-11H2,1-2H3. The zero-order chi connectivity index (χ0) is 20.1. The molecule has 0 aliphatic carbocycles. The van der Waals surface area contributed by atoms with E-state index in [1.807, 2.05) is 25.1 Å². The molecule has 28 heavy (non-hydrogen) atoms. The largest absolute Gasteiger partial charge is 0.494 e. The molecule has 0 bridgehead atoms. The third-order valence-electron chi connectivity index (χ3n) is 4.02. The minimum atomic E-state index is -0.483. The van der Waals surface area contributed by atoms with Gasteiger partial charge in [0.1, 0.15) is 11.6 Å². The zero-order valence-corrected chi connectivity index (χ0v) is 16.3. The second-order valence-corrected chi connectivity index (χ2v) is 6.86. The highest BCUT2D eigenvalue weighted by atomic mass is 32.1. The lowest BCUT2D eigenvalue weighted by Crippen LogP contribution is -2.19. The van der Waals surface area contributed by atoms with Crippen LogP contribution in [0.15, 0.2) is 47.5 Å². The number of fused-ring (bicyclic) bond motifs is 1. The molecule has 3 aromatic rings.